The van der Waals surface area contributed by atoms with Gasteiger partial charge in [-0.05, 0) is 13.3 Å². The van der Waals surface area contributed by atoms with Crippen molar-refractivity contribution < 1.29 is 14.6 Å². The van der Waals surface area contributed by atoms with Gasteiger partial charge in [-0.15, -0.1) is 0 Å². The summed E-state index contributed by atoms with van der Waals surface area (Å²) in [7, 11) is 0. The number of aliphatic hydroxyl groups is 1. The molecule has 76 valence electrons. The van der Waals surface area contributed by atoms with Crippen molar-refractivity contribution in [2.45, 2.75) is 39.4 Å². The van der Waals surface area contributed by atoms with E-state index >= 15 is 0 Å². The average molecular weight is 207 g/mol. The van der Waals surface area contributed by atoms with E-state index in [1.165, 1.54) is 6.92 Å². The number of esters is 1. The monoisotopic (exact) mass is 206 g/mol. The lowest BCUT2D eigenvalue weighted by Crippen LogP contribution is -2.17. The van der Waals surface area contributed by atoms with E-state index in [1.54, 1.807) is 0 Å². The van der Waals surface area contributed by atoms with Crippen LogP contribution >= 0.6 is 11.6 Å². The number of ether oxygens (including phenoxy) is 1. The van der Waals surface area contributed by atoms with E-state index in [-0.39, 0.29) is 5.57 Å². The fourth-order valence-electron chi connectivity index (χ4n) is 0.699. The highest BCUT2D eigenvalue weighted by Crippen LogP contribution is 2.06. The first-order chi connectivity index (χ1) is 6.11. The molecule has 0 aromatic heterocycles. The zero-order valence-corrected chi connectivity index (χ0v) is 8.67. The zero-order valence-electron chi connectivity index (χ0n) is 7.92. The summed E-state index contributed by atoms with van der Waals surface area (Å²) in [5, 5.41) is 9.18. The number of carbonyl (C=O) groups excluding carboxylic acids is 1. The SMILES string of the molecule is CCCCC(O)OC(=O)/C(C)=C/Cl. The van der Waals surface area contributed by atoms with Crippen molar-refractivity contribution in [2.75, 3.05) is 0 Å². The molecule has 0 heterocycles. The minimum atomic E-state index is -1.01. The fraction of sp³-hybridized carbons (Fsp3) is 0.667. The standard InChI is InChI=1S/C9H15ClO3/c1-3-4-5-8(11)13-9(12)7(2)6-10/h6,8,11H,3-5H2,1-2H3/b7-6+. The number of rotatable bonds is 5. The molecule has 0 aromatic rings. The summed E-state index contributed by atoms with van der Waals surface area (Å²) in [6.07, 6.45) is 1.24. The molecule has 0 saturated carbocycles. The maximum absolute atomic E-state index is 11.0. The van der Waals surface area contributed by atoms with E-state index in [9.17, 15) is 9.90 Å². The molecule has 0 saturated heterocycles. The molecule has 0 aliphatic rings. The van der Waals surface area contributed by atoms with Gasteiger partial charge in [-0.25, -0.2) is 4.79 Å². The number of unbranched alkanes of at least 4 members (excludes halogenated alkanes) is 1. The molecule has 3 nitrogen and oxygen atoms in total. The smallest absolute Gasteiger partial charge is 0.336 e. The highest BCUT2D eigenvalue weighted by atomic mass is 35.5. The Morgan fingerprint density at radius 1 is 1.69 bits per heavy atom. The Balaban J connectivity index is 3.78. The van der Waals surface area contributed by atoms with Crippen molar-refractivity contribution in [3.63, 3.8) is 0 Å². The second-order valence-electron chi connectivity index (χ2n) is 2.79. The van der Waals surface area contributed by atoms with Gasteiger partial charge in [0.2, 0.25) is 6.29 Å². The van der Waals surface area contributed by atoms with Gasteiger partial charge in [0.1, 0.15) is 0 Å². The van der Waals surface area contributed by atoms with E-state index in [2.05, 4.69) is 4.74 Å². The van der Waals surface area contributed by atoms with Gasteiger partial charge in [0.05, 0.1) is 0 Å². The molecule has 0 spiro atoms. The number of aliphatic hydroxyl groups excluding tert-OH is 1. The Morgan fingerprint density at radius 3 is 2.77 bits per heavy atom. The number of hydrogen-bond acceptors (Lipinski definition) is 3. The number of carbonyl (C=O) groups is 1. The predicted molar refractivity (Wildman–Crippen MR) is 51.2 cm³/mol. The molecule has 4 heteroatoms. The van der Waals surface area contributed by atoms with Gasteiger partial charge in [-0.2, -0.15) is 0 Å². The minimum absolute atomic E-state index is 0.289. The summed E-state index contributed by atoms with van der Waals surface area (Å²) in [5.74, 6) is -0.571. The Labute approximate surface area is 83.3 Å². The second-order valence-corrected chi connectivity index (χ2v) is 3.01. The number of halogens is 1. The molecule has 0 radical (unpaired) electrons. The van der Waals surface area contributed by atoms with Gasteiger partial charge in [0.25, 0.3) is 0 Å². The van der Waals surface area contributed by atoms with Crippen LogP contribution in [-0.4, -0.2) is 17.4 Å². The molecule has 0 bridgehead atoms. The van der Waals surface area contributed by atoms with E-state index in [1.807, 2.05) is 6.92 Å². The van der Waals surface area contributed by atoms with E-state index < -0.39 is 12.3 Å². The third kappa shape index (κ3) is 5.66. The normalized spacial score (nSPS) is 14.0. The molecule has 0 fully saturated rings. The lowest BCUT2D eigenvalue weighted by molar-refractivity contribution is -0.163. The lowest BCUT2D eigenvalue weighted by Gasteiger charge is -2.10. The average Bonchev–Trinajstić information content (AvgIpc) is 2.13. The van der Waals surface area contributed by atoms with Crippen LogP contribution in [0.2, 0.25) is 0 Å². The lowest BCUT2D eigenvalue weighted by atomic mass is 10.2. The summed E-state index contributed by atoms with van der Waals surface area (Å²) in [5.41, 5.74) is 1.42. The van der Waals surface area contributed by atoms with Crippen LogP contribution in [0.3, 0.4) is 0 Å². The van der Waals surface area contributed by atoms with Gasteiger partial charge in [-0.3, -0.25) is 0 Å². The molecular weight excluding hydrogens is 192 g/mol. The summed E-state index contributed by atoms with van der Waals surface area (Å²) >= 11 is 5.29. The van der Waals surface area contributed by atoms with E-state index in [0.717, 1.165) is 18.4 Å². The first kappa shape index (κ1) is 12.5. The van der Waals surface area contributed by atoms with Crippen LogP contribution in [0.4, 0.5) is 0 Å². The van der Waals surface area contributed by atoms with Crippen LogP contribution in [0.25, 0.3) is 0 Å². The molecule has 0 rings (SSSR count). The topological polar surface area (TPSA) is 46.5 Å². The summed E-state index contributed by atoms with van der Waals surface area (Å²) in [4.78, 5) is 11.0. The zero-order chi connectivity index (χ0) is 10.3. The first-order valence-electron chi connectivity index (χ1n) is 4.27. The van der Waals surface area contributed by atoms with Gasteiger partial charge < -0.3 is 9.84 Å². The molecule has 0 amide bonds. The molecule has 13 heavy (non-hydrogen) atoms. The van der Waals surface area contributed by atoms with Crippen LogP contribution < -0.4 is 0 Å². The first-order valence-corrected chi connectivity index (χ1v) is 4.71. The molecule has 0 aliphatic carbocycles. The summed E-state index contributed by atoms with van der Waals surface area (Å²) < 4.78 is 4.67. The largest absolute Gasteiger partial charge is 0.433 e. The van der Waals surface area contributed by atoms with Crippen molar-refractivity contribution in [3.05, 3.63) is 11.1 Å². The Morgan fingerprint density at radius 2 is 2.31 bits per heavy atom. The fourth-order valence-corrected chi connectivity index (χ4v) is 0.788. The van der Waals surface area contributed by atoms with Crippen molar-refractivity contribution in [3.8, 4) is 0 Å². The molecule has 0 aliphatic heterocycles. The Kier molecular flexibility index (Phi) is 6.63. The van der Waals surface area contributed by atoms with Crippen LogP contribution in [-0.2, 0) is 9.53 Å². The Hall–Kier alpha value is -0.540. The van der Waals surface area contributed by atoms with Crippen molar-refractivity contribution in [1.29, 1.82) is 0 Å². The third-order valence-corrected chi connectivity index (χ3v) is 1.86. The quantitative estimate of drug-likeness (QED) is 0.426. The van der Waals surface area contributed by atoms with Crippen LogP contribution in [0, 0.1) is 0 Å². The highest BCUT2D eigenvalue weighted by Gasteiger charge is 2.11. The number of hydrogen-bond donors (Lipinski definition) is 1. The predicted octanol–water partition coefficient (Wildman–Crippen LogP) is 2.18. The molecule has 0 aromatic carbocycles. The third-order valence-electron chi connectivity index (χ3n) is 1.53. The van der Waals surface area contributed by atoms with Crippen LogP contribution in [0.15, 0.2) is 11.1 Å². The van der Waals surface area contributed by atoms with Crippen molar-refractivity contribution >= 4 is 17.6 Å². The maximum atomic E-state index is 11.0. The molecular formula is C9H15ClO3. The maximum Gasteiger partial charge on any atom is 0.336 e. The van der Waals surface area contributed by atoms with Gasteiger partial charge in [-0.1, -0.05) is 24.9 Å². The summed E-state index contributed by atoms with van der Waals surface area (Å²) in [6, 6.07) is 0. The van der Waals surface area contributed by atoms with Crippen LogP contribution in [0.1, 0.15) is 33.1 Å². The minimum Gasteiger partial charge on any atom is -0.433 e. The Bertz CT molecular complexity index is 189. The van der Waals surface area contributed by atoms with Gasteiger partial charge in [0, 0.05) is 17.5 Å². The second kappa shape index (κ2) is 6.92. The van der Waals surface area contributed by atoms with Gasteiger partial charge in [0.15, 0.2) is 0 Å². The van der Waals surface area contributed by atoms with E-state index in [0.29, 0.717) is 6.42 Å². The van der Waals surface area contributed by atoms with Crippen LogP contribution in [0.5, 0.6) is 0 Å². The van der Waals surface area contributed by atoms with E-state index in [4.69, 9.17) is 11.6 Å². The van der Waals surface area contributed by atoms with Crippen molar-refractivity contribution in [2.24, 2.45) is 0 Å². The van der Waals surface area contributed by atoms with Gasteiger partial charge >= 0.3 is 5.97 Å². The van der Waals surface area contributed by atoms with Crippen molar-refractivity contribution in [1.82, 2.24) is 0 Å². The molecule has 1 atom stereocenters. The molecule has 1 N–H and O–H groups in total. The summed E-state index contributed by atoms with van der Waals surface area (Å²) in [6.45, 7) is 3.53. The molecule has 1 unspecified atom stereocenters. The highest BCUT2D eigenvalue weighted by molar-refractivity contribution is 6.27.